The Labute approximate surface area is 136 Å². The van der Waals surface area contributed by atoms with Crippen molar-refractivity contribution in [2.24, 2.45) is 0 Å². The summed E-state index contributed by atoms with van der Waals surface area (Å²) in [5.74, 6) is 0.0536. The highest BCUT2D eigenvalue weighted by Crippen LogP contribution is 2.30. The topological polar surface area (TPSA) is 41.6 Å². The van der Waals surface area contributed by atoms with Gasteiger partial charge in [0.2, 0.25) is 0 Å². The number of hydrazine groups is 1. The highest BCUT2D eigenvalue weighted by molar-refractivity contribution is 5.69. The second-order valence-corrected chi connectivity index (χ2v) is 5.46. The number of benzene rings is 2. The minimum atomic E-state index is -4.41. The molecule has 3 rings (SSSR count). The Morgan fingerprint density at radius 1 is 1.04 bits per heavy atom. The monoisotopic (exact) mass is 336 g/mol. The minimum Gasteiger partial charge on any atom is -0.409 e. The molecule has 2 aromatic rings. The number of nitrogens with one attached hydrogen (secondary N) is 1. The van der Waals surface area contributed by atoms with Gasteiger partial charge in [-0.15, -0.1) is 0 Å². The number of amides is 1. The van der Waals surface area contributed by atoms with E-state index in [1.807, 2.05) is 24.3 Å². The van der Waals surface area contributed by atoms with E-state index in [1.54, 1.807) is 5.01 Å². The summed E-state index contributed by atoms with van der Waals surface area (Å²) in [6, 6.07) is 11.9. The van der Waals surface area contributed by atoms with Crippen LogP contribution in [0.4, 0.5) is 18.0 Å². The highest BCUT2D eigenvalue weighted by atomic mass is 19.4. The summed E-state index contributed by atoms with van der Waals surface area (Å²) in [5, 5.41) is 1.72. The molecule has 0 saturated carbocycles. The Kier molecular flexibility index (Phi) is 4.44. The van der Waals surface area contributed by atoms with Gasteiger partial charge in [-0.25, -0.2) is 9.80 Å². The number of halogens is 3. The van der Waals surface area contributed by atoms with Crippen molar-refractivity contribution in [3.63, 3.8) is 0 Å². The van der Waals surface area contributed by atoms with Crippen LogP contribution in [0.2, 0.25) is 0 Å². The second-order valence-electron chi connectivity index (χ2n) is 5.46. The Balaban J connectivity index is 1.57. The third-order valence-electron chi connectivity index (χ3n) is 3.77. The van der Waals surface area contributed by atoms with E-state index in [-0.39, 0.29) is 5.75 Å². The number of hydrogen-bond acceptors (Lipinski definition) is 3. The normalized spacial score (nSPS) is 14.8. The summed E-state index contributed by atoms with van der Waals surface area (Å²) in [6.45, 7) is 1.19. The van der Waals surface area contributed by atoms with E-state index in [1.165, 1.54) is 5.56 Å². The van der Waals surface area contributed by atoms with Crippen LogP contribution in [-0.2, 0) is 19.1 Å². The Morgan fingerprint density at radius 2 is 1.71 bits per heavy atom. The van der Waals surface area contributed by atoms with Gasteiger partial charge in [-0.2, -0.15) is 13.2 Å². The zero-order chi connectivity index (χ0) is 17.2. The van der Waals surface area contributed by atoms with Crippen LogP contribution in [0.25, 0.3) is 0 Å². The van der Waals surface area contributed by atoms with E-state index in [2.05, 4.69) is 5.43 Å². The molecule has 1 N–H and O–H groups in total. The first-order valence-electron chi connectivity index (χ1n) is 7.39. The van der Waals surface area contributed by atoms with Crippen LogP contribution in [0.1, 0.15) is 16.7 Å². The van der Waals surface area contributed by atoms with Gasteiger partial charge >= 0.3 is 12.3 Å². The van der Waals surface area contributed by atoms with Gasteiger partial charge in [-0.05, 0) is 41.8 Å². The van der Waals surface area contributed by atoms with Crippen molar-refractivity contribution in [3.8, 4) is 5.75 Å². The lowest BCUT2D eigenvalue weighted by atomic mass is 10.0. The predicted molar refractivity (Wildman–Crippen MR) is 81.2 cm³/mol. The lowest BCUT2D eigenvalue weighted by Gasteiger charge is -2.28. The SMILES string of the molecule is O=C(NN1CCc2ccccc2C1)Oc1ccc(C(F)(F)F)cc1. The Morgan fingerprint density at radius 3 is 2.38 bits per heavy atom. The fourth-order valence-corrected chi connectivity index (χ4v) is 2.56. The first kappa shape index (κ1) is 16.3. The molecule has 0 bridgehead atoms. The fraction of sp³-hybridized carbons (Fsp3) is 0.235. The van der Waals surface area contributed by atoms with Gasteiger partial charge in [0.1, 0.15) is 5.75 Å². The number of carbonyl (C=O) groups is 1. The molecule has 4 nitrogen and oxygen atoms in total. The maximum Gasteiger partial charge on any atom is 0.427 e. The van der Waals surface area contributed by atoms with E-state index in [0.717, 1.165) is 36.2 Å². The maximum absolute atomic E-state index is 12.5. The molecular weight excluding hydrogens is 321 g/mol. The minimum absolute atomic E-state index is 0.0536. The van der Waals surface area contributed by atoms with Crippen molar-refractivity contribution in [3.05, 3.63) is 65.2 Å². The molecule has 1 aliphatic heterocycles. The van der Waals surface area contributed by atoms with Gasteiger partial charge in [-0.1, -0.05) is 24.3 Å². The van der Waals surface area contributed by atoms with Gasteiger partial charge in [0.05, 0.1) is 5.56 Å². The van der Waals surface area contributed by atoms with Gasteiger partial charge in [0.25, 0.3) is 0 Å². The molecule has 1 amide bonds. The van der Waals surface area contributed by atoms with E-state index in [9.17, 15) is 18.0 Å². The van der Waals surface area contributed by atoms with Crippen molar-refractivity contribution >= 4 is 6.09 Å². The van der Waals surface area contributed by atoms with Crippen LogP contribution in [-0.4, -0.2) is 17.6 Å². The molecule has 2 aromatic carbocycles. The zero-order valence-electron chi connectivity index (χ0n) is 12.6. The van der Waals surface area contributed by atoms with Crippen LogP contribution >= 0.6 is 0 Å². The van der Waals surface area contributed by atoms with Crippen LogP contribution < -0.4 is 10.2 Å². The number of ether oxygens (including phenoxy) is 1. The van der Waals surface area contributed by atoms with E-state index < -0.39 is 17.8 Å². The van der Waals surface area contributed by atoms with Crippen molar-refractivity contribution in [1.82, 2.24) is 10.4 Å². The number of alkyl halides is 3. The van der Waals surface area contributed by atoms with Crippen molar-refractivity contribution < 1.29 is 22.7 Å². The third-order valence-corrected chi connectivity index (χ3v) is 3.77. The van der Waals surface area contributed by atoms with Crippen LogP contribution in [0, 0.1) is 0 Å². The fourth-order valence-electron chi connectivity index (χ4n) is 2.56. The summed E-state index contributed by atoms with van der Waals surface area (Å²) in [5.41, 5.74) is 4.18. The van der Waals surface area contributed by atoms with Gasteiger partial charge < -0.3 is 4.74 Å². The summed E-state index contributed by atoms with van der Waals surface area (Å²) in [4.78, 5) is 11.9. The average molecular weight is 336 g/mol. The molecule has 0 fully saturated rings. The average Bonchev–Trinajstić information content (AvgIpc) is 2.54. The predicted octanol–water partition coefficient (Wildman–Crippen LogP) is 3.77. The van der Waals surface area contributed by atoms with Crippen LogP contribution in [0.3, 0.4) is 0 Å². The van der Waals surface area contributed by atoms with Crippen molar-refractivity contribution in [2.75, 3.05) is 6.54 Å². The molecule has 0 spiro atoms. The summed E-state index contributed by atoms with van der Waals surface area (Å²) >= 11 is 0. The lowest BCUT2D eigenvalue weighted by molar-refractivity contribution is -0.137. The van der Waals surface area contributed by atoms with Crippen molar-refractivity contribution in [2.45, 2.75) is 19.1 Å². The smallest absolute Gasteiger partial charge is 0.409 e. The number of hydrogen-bond donors (Lipinski definition) is 1. The first-order valence-corrected chi connectivity index (χ1v) is 7.39. The molecule has 0 atom stereocenters. The van der Waals surface area contributed by atoms with Crippen molar-refractivity contribution in [1.29, 1.82) is 0 Å². The molecule has 0 aromatic heterocycles. The molecule has 0 saturated heterocycles. The number of rotatable bonds is 2. The molecule has 0 radical (unpaired) electrons. The molecule has 7 heteroatoms. The number of nitrogens with zero attached hydrogens (tertiary/aromatic N) is 1. The zero-order valence-corrected chi connectivity index (χ0v) is 12.6. The van der Waals surface area contributed by atoms with Crippen LogP contribution in [0.15, 0.2) is 48.5 Å². The molecular formula is C17H15F3N2O2. The van der Waals surface area contributed by atoms with E-state index >= 15 is 0 Å². The summed E-state index contributed by atoms with van der Waals surface area (Å²) < 4.78 is 42.5. The number of fused-ring (bicyclic) bond motifs is 1. The van der Waals surface area contributed by atoms with E-state index in [0.29, 0.717) is 13.1 Å². The molecule has 1 heterocycles. The Bertz CT molecular complexity index is 729. The summed E-state index contributed by atoms with van der Waals surface area (Å²) in [7, 11) is 0. The van der Waals surface area contributed by atoms with Gasteiger partial charge in [0.15, 0.2) is 0 Å². The first-order chi connectivity index (χ1) is 11.4. The Hall–Kier alpha value is -2.54. The molecule has 1 aliphatic rings. The summed E-state index contributed by atoms with van der Waals surface area (Å²) in [6.07, 6.45) is -4.34. The molecule has 126 valence electrons. The molecule has 0 aliphatic carbocycles. The quantitative estimate of drug-likeness (QED) is 0.908. The maximum atomic E-state index is 12.5. The van der Waals surface area contributed by atoms with E-state index in [4.69, 9.17) is 4.74 Å². The van der Waals surface area contributed by atoms with Gasteiger partial charge in [0, 0.05) is 13.1 Å². The lowest BCUT2D eigenvalue weighted by Crippen LogP contribution is -2.46. The standard InChI is InChI=1S/C17H15F3N2O2/c18-17(19,20)14-5-7-15(8-6-14)24-16(23)21-22-10-9-12-3-1-2-4-13(12)11-22/h1-8H,9-11H2,(H,21,23). The molecule has 24 heavy (non-hydrogen) atoms. The van der Waals surface area contributed by atoms with Gasteiger partial charge in [-0.3, -0.25) is 5.43 Å². The molecule has 0 unspecified atom stereocenters. The van der Waals surface area contributed by atoms with Crippen LogP contribution in [0.5, 0.6) is 5.75 Å². The highest BCUT2D eigenvalue weighted by Gasteiger charge is 2.30. The largest absolute Gasteiger partial charge is 0.427 e. The third kappa shape index (κ3) is 3.86. The second kappa shape index (κ2) is 6.52. The number of carbonyl (C=O) groups excluding carboxylic acids is 1.